The normalized spacial score (nSPS) is 17.2. The molecule has 0 aliphatic heterocycles. The first-order valence-corrected chi connectivity index (χ1v) is 4.01. The summed E-state index contributed by atoms with van der Waals surface area (Å²) < 4.78 is 4.70. The zero-order valence-electron chi connectivity index (χ0n) is 7.30. The van der Waals surface area contributed by atoms with Crippen LogP contribution in [-0.2, 0) is 4.74 Å². The molecule has 13 heavy (non-hydrogen) atoms. The predicted octanol–water partition coefficient (Wildman–Crippen LogP) is 0.367. The fourth-order valence-corrected chi connectivity index (χ4v) is 0.953. The van der Waals surface area contributed by atoms with Gasteiger partial charge in [-0.15, -0.1) is 0 Å². The van der Waals surface area contributed by atoms with Crippen molar-refractivity contribution in [2.24, 2.45) is 5.73 Å². The summed E-state index contributed by atoms with van der Waals surface area (Å²) >= 11 is 0. The van der Waals surface area contributed by atoms with Crippen molar-refractivity contribution in [2.75, 3.05) is 6.61 Å². The molecule has 0 aromatic heterocycles. The maximum atomic E-state index is 11.0. The van der Waals surface area contributed by atoms with E-state index >= 15 is 0 Å². The monoisotopic (exact) mass is 183 g/mol. The van der Waals surface area contributed by atoms with E-state index in [9.17, 15) is 4.79 Å². The highest BCUT2D eigenvalue weighted by Gasteiger charge is 2.47. The third-order valence-electron chi connectivity index (χ3n) is 1.94. The van der Waals surface area contributed by atoms with Crippen LogP contribution in [0.2, 0.25) is 0 Å². The molecule has 72 valence electrons. The van der Waals surface area contributed by atoms with Crippen LogP contribution in [0.15, 0.2) is 12.7 Å². The summed E-state index contributed by atoms with van der Waals surface area (Å²) in [5.41, 5.74) is 4.68. The van der Waals surface area contributed by atoms with Gasteiger partial charge in [-0.3, -0.25) is 5.41 Å². The number of rotatable bonds is 4. The fraction of sp³-hybridized carbons (Fsp3) is 0.500. The molecular formula is C8H13N3O2. The number of nitrogens with one attached hydrogen (secondary N) is 2. The van der Waals surface area contributed by atoms with Gasteiger partial charge in [0, 0.05) is 0 Å². The summed E-state index contributed by atoms with van der Waals surface area (Å²) in [6, 6.07) is 0. The molecule has 0 heterocycles. The van der Waals surface area contributed by atoms with E-state index in [1.165, 1.54) is 6.08 Å². The molecule has 4 N–H and O–H groups in total. The molecule has 0 atom stereocenters. The number of amides is 1. The van der Waals surface area contributed by atoms with Gasteiger partial charge < -0.3 is 15.8 Å². The molecule has 0 saturated heterocycles. The van der Waals surface area contributed by atoms with Crippen molar-refractivity contribution in [1.82, 2.24) is 5.32 Å². The fourth-order valence-electron chi connectivity index (χ4n) is 0.953. The van der Waals surface area contributed by atoms with Gasteiger partial charge in [0.05, 0.1) is 0 Å². The van der Waals surface area contributed by atoms with E-state index in [2.05, 4.69) is 11.9 Å². The van der Waals surface area contributed by atoms with E-state index < -0.39 is 11.6 Å². The molecule has 1 aliphatic carbocycles. The van der Waals surface area contributed by atoms with Crippen LogP contribution in [0.5, 0.6) is 0 Å². The third-order valence-corrected chi connectivity index (χ3v) is 1.94. The van der Waals surface area contributed by atoms with Gasteiger partial charge in [-0.2, -0.15) is 0 Å². The van der Waals surface area contributed by atoms with E-state index in [4.69, 9.17) is 15.9 Å². The van der Waals surface area contributed by atoms with E-state index in [0.29, 0.717) is 12.8 Å². The maximum absolute atomic E-state index is 11.0. The molecule has 0 aromatic rings. The number of nitrogens with two attached hydrogens (primary N) is 1. The number of amidine groups is 1. The molecule has 0 radical (unpaired) electrons. The Bertz CT molecular complexity index is 246. The van der Waals surface area contributed by atoms with Crippen LogP contribution >= 0.6 is 0 Å². The molecule has 5 heteroatoms. The first-order chi connectivity index (χ1) is 6.10. The van der Waals surface area contributed by atoms with Crippen molar-refractivity contribution in [3.05, 3.63) is 12.7 Å². The van der Waals surface area contributed by atoms with Crippen molar-refractivity contribution < 1.29 is 9.53 Å². The predicted molar refractivity (Wildman–Crippen MR) is 48.6 cm³/mol. The molecule has 1 saturated carbocycles. The Balaban J connectivity index is 2.36. The minimum Gasteiger partial charge on any atom is -0.445 e. The smallest absolute Gasteiger partial charge is 0.408 e. The average Bonchev–Trinajstić information content (AvgIpc) is 2.82. The quantitative estimate of drug-likeness (QED) is 0.334. The number of carbonyl (C=O) groups excluding carboxylic acids is 1. The van der Waals surface area contributed by atoms with Gasteiger partial charge in [0.1, 0.15) is 18.0 Å². The van der Waals surface area contributed by atoms with Crippen LogP contribution in [0.4, 0.5) is 4.79 Å². The van der Waals surface area contributed by atoms with Crippen molar-refractivity contribution in [3.8, 4) is 0 Å². The Labute approximate surface area is 76.4 Å². The number of alkyl carbamates (subject to hydrolysis) is 1. The van der Waals surface area contributed by atoms with E-state index in [-0.39, 0.29) is 12.4 Å². The Morgan fingerprint density at radius 2 is 2.38 bits per heavy atom. The lowest BCUT2D eigenvalue weighted by atomic mass is 10.2. The van der Waals surface area contributed by atoms with Gasteiger partial charge in [0.15, 0.2) is 0 Å². The van der Waals surface area contributed by atoms with Crippen molar-refractivity contribution in [1.29, 1.82) is 5.41 Å². The van der Waals surface area contributed by atoms with Crippen molar-refractivity contribution in [3.63, 3.8) is 0 Å². The van der Waals surface area contributed by atoms with Crippen LogP contribution < -0.4 is 11.1 Å². The van der Waals surface area contributed by atoms with Gasteiger partial charge in [0.2, 0.25) is 0 Å². The zero-order chi connectivity index (χ0) is 9.90. The van der Waals surface area contributed by atoms with Crippen LogP contribution in [-0.4, -0.2) is 24.1 Å². The Kier molecular flexibility index (Phi) is 2.55. The number of hydrogen-bond acceptors (Lipinski definition) is 3. The number of hydrogen-bond donors (Lipinski definition) is 3. The molecule has 1 aliphatic rings. The van der Waals surface area contributed by atoms with E-state index in [1.807, 2.05) is 0 Å². The van der Waals surface area contributed by atoms with Gasteiger partial charge in [0.25, 0.3) is 0 Å². The minimum absolute atomic E-state index is 0.0111. The lowest BCUT2D eigenvalue weighted by molar-refractivity contribution is 0.155. The standard InChI is InChI=1S/C8H13N3O2/c1-2-5-13-7(12)11-8(3-4-8)6(9)10/h2H,1,3-5H2,(H3,9,10)(H,11,12). The summed E-state index contributed by atoms with van der Waals surface area (Å²) in [7, 11) is 0. The lowest BCUT2D eigenvalue weighted by Crippen LogP contribution is -2.46. The molecule has 1 rings (SSSR count). The lowest BCUT2D eigenvalue weighted by Gasteiger charge is -2.14. The molecule has 0 bridgehead atoms. The maximum Gasteiger partial charge on any atom is 0.408 e. The summed E-state index contributed by atoms with van der Waals surface area (Å²) in [6.07, 6.45) is 2.36. The summed E-state index contributed by atoms with van der Waals surface area (Å²) in [5, 5.41) is 9.76. The topological polar surface area (TPSA) is 88.2 Å². The van der Waals surface area contributed by atoms with Gasteiger partial charge in [-0.25, -0.2) is 4.79 Å². The van der Waals surface area contributed by atoms with Crippen LogP contribution in [0.1, 0.15) is 12.8 Å². The Morgan fingerprint density at radius 1 is 1.77 bits per heavy atom. The molecule has 5 nitrogen and oxygen atoms in total. The van der Waals surface area contributed by atoms with E-state index in [1.54, 1.807) is 0 Å². The first kappa shape index (κ1) is 9.57. The molecule has 1 amide bonds. The van der Waals surface area contributed by atoms with Crippen LogP contribution in [0.25, 0.3) is 0 Å². The van der Waals surface area contributed by atoms with Crippen molar-refractivity contribution in [2.45, 2.75) is 18.4 Å². The van der Waals surface area contributed by atoms with Gasteiger partial charge >= 0.3 is 6.09 Å². The van der Waals surface area contributed by atoms with Gasteiger partial charge in [-0.05, 0) is 12.8 Å². The average molecular weight is 183 g/mol. The van der Waals surface area contributed by atoms with E-state index in [0.717, 1.165) is 0 Å². The molecule has 0 spiro atoms. The SMILES string of the molecule is C=CCOC(=O)NC1(C(=N)N)CC1. The largest absolute Gasteiger partial charge is 0.445 e. The number of ether oxygens (including phenoxy) is 1. The highest BCUT2D eigenvalue weighted by molar-refractivity contribution is 5.93. The molecule has 0 aromatic carbocycles. The van der Waals surface area contributed by atoms with Crippen LogP contribution in [0.3, 0.4) is 0 Å². The second-order valence-corrected chi connectivity index (χ2v) is 3.01. The van der Waals surface area contributed by atoms with Crippen LogP contribution in [0, 0.1) is 5.41 Å². The Hall–Kier alpha value is -1.52. The minimum atomic E-state index is -0.627. The number of carbonyl (C=O) groups is 1. The summed E-state index contributed by atoms with van der Waals surface area (Å²) in [4.78, 5) is 11.0. The highest BCUT2D eigenvalue weighted by atomic mass is 16.5. The van der Waals surface area contributed by atoms with Crippen molar-refractivity contribution >= 4 is 11.9 Å². The Morgan fingerprint density at radius 3 is 2.77 bits per heavy atom. The third kappa shape index (κ3) is 2.21. The zero-order valence-corrected chi connectivity index (χ0v) is 7.30. The molecule has 0 unspecified atom stereocenters. The molecular weight excluding hydrogens is 170 g/mol. The van der Waals surface area contributed by atoms with Gasteiger partial charge in [-0.1, -0.05) is 12.7 Å². The highest BCUT2D eigenvalue weighted by Crippen LogP contribution is 2.34. The molecule has 1 fully saturated rings. The first-order valence-electron chi connectivity index (χ1n) is 4.01. The second-order valence-electron chi connectivity index (χ2n) is 3.01. The summed E-state index contributed by atoms with van der Waals surface area (Å²) in [6.45, 7) is 3.57. The second kappa shape index (κ2) is 3.47. The summed E-state index contributed by atoms with van der Waals surface area (Å²) in [5.74, 6) is -0.0111.